The van der Waals surface area contributed by atoms with E-state index in [0.717, 1.165) is 17.1 Å². The minimum absolute atomic E-state index is 0.105. The van der Waals surface area contributed by atoms with Gasteiger partial charge in [0.2, 0.25) is 0 Å². The number of nitrogens with one attached hydrogen (secondary N) is 1. The number of hydrogen-bond acceptors (Lipinski definition) is 3. The summed E-state index contributed by atoms with van der Waals surface area (Å²) >= 11 is 13.8. The molecule has 96 valence electrons. The molecule has 17 heavy (non-hydrogen) atoms. The minimum atomic E-state index is 0.105. The fourth-order valence-electron chi connectivity index (χ4n) is 1.39. The monoisotopic (exact) mass is 292 g/mol. The Hall–Kier alpha value is 0.0700. The number of hydrazine groups is 1. The van der Waals surface area contributed by atoms with Crippen molar-refractivity contribution in [2.75, 3.05) is 11.5 Å². The molecular formula is C12H18Cl2N2S. The van der Waals surface area contributed by atoms with Gasteiger partial charge in [-0.3, -0.25) is 11.3 Å². The van der Waals surface area contributed by atoms with E-state index in [1.165, 1.54) is 0 Å². The zero-order valence-electron chi connectivity index (χ0n) is 10.0. The highest BCUT2D eigenvalue weighted by Crippen LogP contribution is 2.27. The summed E-state index contributed by atoms with van der Waals surface area (Å²) in [7, 11) is 0. The van der Waals surface area contributed by atoms with E-state index in [0.29, 0.717) is 16.0 Å². The van der Waals surface area contributed by atoms with Crippen molar-refractivity contribution >= 4 is 35.0 Å². The summed E-state index contributed by atoms with van der Waals surface area (Å²) in [5.74, 6) is 8.31. The summed E-state index contributed by atoms with van der Waals surface area (Å²) in [6, 6.07) is 5.73. The number of benzene rings is 1. The maximum Gasteiger partial charge on any atom is 0.0595 e. The van der Waals surface area contributed by atoms with Crippen LogP contribution in [0, 0.1) is 5.92 Å². The van der Waals surface area contributed by atoms with E-state index in [-0.39, 0.29) is 6.04 Å². The number of hydrogen-bond donors (Lipinski definition) is 2. The molecule has 0 fully saturated rings. The largest absolute Gasteiger partial charge is 0.271 e. The third-order valence-corrected chi connectivity index (χ3v) is 4.49. The lowest BCUT2D eigenvalue weighted by Gasteiger charge is -2.17. The molecule has 0 amide bonds. The molecule has 0 radical (unpaired) electrons. The van der Waals surface area contributed by atoms with E-state index in [1.807, 2.05) is 23.9 Å². The van der Waals surface area contributed by atoms with Crippen molar-refractivity contribution in [2.45, 2.75) is 19.9 Å². The molecule has 1 aromatic carbocycles. The first-order valence-electron chi connectivity index (χ1n) is 5.53. The Morgan fingerprint density at radius 3 is 2.47 bits per heavy atom. The number of halogens is 2. The van der Waals surface area contributed by atoms with Gasteiger partial charge in [-0.05, 0) is 29.4 Å². The van der Waals surface area contributed by atoms with Gasteiger partial charge in [-0.2, -0.15) is 11.8 Å². The summed E-state index contributed by atoms with van der Waals surface area (Å²) < 4.78 is 0. The predicted molar refractivity (Wildman–Crippen MR) is 78.7 cm³/mol. The van der Waals surface area contributed by atoms with E-state index in [9.17, 15) is 0 Å². The van der Waals surface area contributed by atoms with Crippen molar-refractivity contribution in [3.8, 4) is 0 Å². The molecule has 1 rings (SSSR count). The van der Waals surface area contributed by atoms with E-state index in [4.69, 9.17) is 29.0 Å². The van der Waals surface area contributed by atoms with Gasteiger partial charge in [0.25, 0.3) is 0 Å². The lowest BCUT2D eigenvalue weighted by atomic mass is 10.1. The van der Waals surface area contributed by atoms with Gasteiger partial charge < -0.3 is 0 Å². The lowest BCUT2D eigenvalue weighted by molar-refractivity contribution is 0.609. The molecule has 2 nitrogen and oxygen atoms in total. The van der Waals surface area contributed by atoms with Crippen molar-refractivity contribution in [2.24, 2.45) is 11.8 Å². The van der Waals surface area contributed by atoms with E-state index in [2.05, 4.69) is 19.3 Å². The Balaban J connectivity index is 2.62. The Morgan fingerprint density at radius 1 is 1.24 bits per heavy atom. The zero-order chi connectivity index (χ0) is 12.8. The molecule has 0 saturated carbocycles. The second-order valence-electron chi connectivity index (χ2n) is 4.32. The average Bonchev–Trinajstić information content (AvgIpc) is 2.28. The minimum Gasteiger partial charge on any atom is -0.271 e. The van der Waals surface area contributed by atoms with Gasteiger partial charge in [-0.15, -0.1) is 0 Å². The molecule has 0 spiro atoms. The highest BCUT2D eigenvalue weighted by atomic mass is 35.5. The molecule has 0 aliphatic rings. The van der Waals surface area contributed by atoms with Crippen LogP contribution in [0.15, 0.2) is 18.2 Å². The van der Waals surface area contributed by atoms with E-state index in [1.54, 1.807) is 6.07 Å². The molecule has 5 heteroatoms. The Bertz CT molecular complexity index is 358. The van der Waals surface area contributed by atoms with Gasteiger partial charge >= 0.3 is 0 Å². The first-order valence-corrected chi connectivity index (χ1v) is 7.44. The molecule has 1 aromatic rings. The maximum absolute atomic E-state index is 5.99. The molecular weight excluding hydrogens is 275 g/mol. The van der Waals surface area contributed by atoms with Crippen molar-refractivity contribution in [1.29, 1.82) is 0 Å². The summed E-state index contributed by atoms with van der Waals surface area (Å²) in [6.45, 7) is 4.41. The van der Waals surface area contributed by atoms with Gasteiger partial charge in [-0.1, -0.05) is 43.1 Å². The topological polar surface area (TPSA) is 38.0 Å². The second-order valence-corrected chi connectivity index (χ2v) is 6.21. The van der Waals surface area contributed by atoms with Crippen LogP contribution in [0.4, 0.5) is 0 Å². The van der Waals surface area contributed by atoms with Gasteiger partial charge in [-0.25, -0.2) is 0 Å². The number of rotatable bonds is 6. The summed E-state index contributed by atoms with van der Waals surface area (Å²) in [5.41, 5.74) is 3.88. The summed E-state index contributed by atoms with van der Waals surface area (Å²) in [5, 5.41) is 1.14. The maximum atomic E-state index is 5.99. The Kier molecular flexibility index (Phi) is 6.67. The van der Waals surface area contributed by atoms with E-state index < -0.39 is 0 Å². The molecule has 1 atom stereocenters. The lowest BCUT2D eigenvalue weighted by Crippen LogP contribution is -2.29. The van der Waals surface area contributed by atoms with Gasteiger partial charge in [0, 0.05) is 5.75 Å². The molecule has 0 aliphatic heterocycles. The smallest absolute Gasteiger partial charge is 0.0595 e. The molecule has 3 N–H and O–H groups in total. The van der Waals surface area contributed by atoms with Crippen molar-refractivity contribution in [1.82, 2.24) is 5.43 Å². The average molecular weight is 293 g/mol. The second kappa shape index (κ2) is 7.49. The zero-order valence-corrected chi connectivity index (χ0v) is 12.4. The predicted octanol–water partition coefficient (Wildman–Crippen LogP) is 3.89. The van der Waals surface area contributed by atoms with Crippen molar-refractivity contribution in [3.63, 3.8) is 0 Å². The molecule has 0 aromatic heterocycles. The normalized spacial score (nSPS) is 13.1. The van der Waals surface area contributed by atoms with Gasteiger partial charge in [0.15, 0.2) is 0 Å². The fraction of sp³-hybridized carbons (Fsp3) is 0.500. The molecule has 0 heterocycles. The van der Waals surface area contributed by atoms with Gasteiger partial charge in [0.1, 0.15) is 0 Å². The van der Waals surface area contributed by atoms with Crippen LogP contribution in [-0.2, 0) is 0 Å². The van der Waals surface area contributed by atoms with Crippen LogP contribution >= 0.6 is 35.0 Å². The molecule has 0 aliphatic carbocycles. The van der Waals surface area contributed by atoms with Crippen LogP contribution in [0.5, 0.6) is 0 Å². The summed E-state index contributed by atoms with van der Waals surface area (Å²) in [6.07, 6.45) is 0. The Labute approximate surface area is 117 Å². The third-order valence-electron chi connectivity index (χ3n) is 2.28. The fourth-order valence-corrected chi connectivity index (χ4v) is 2.83. The first kappa shape index (κ1) is 15.1. The Morgan fingerprint density at radius 2 is 1.94 bits per heavy atom. The van der Waals surface area contributed by atoms with Crippen LogP contribution in [-0.4, -0.2) is 11.5 Å². The van der Waals surface area contributed by atoms with E-state index >= 15 is 0 Å². The van der Waals surface area contributed by atoms with Crippen molar-refractivity contribution < 1.29 is 0 Å². The van der Waals surface area contributed by atoms with Crippen LogP contribution in [0.3, 0.4) is 0 Å². The molecule has 1 unspecified atom stereocenters. The van der Waals surface area contributed by atoms with Crippen LogP contribution in [0.25, 0.3) is 0 Å². The van der Waals surface area contributed by atoms with Gasteiger partial charge in [0.05, 0.1) is 16.1 Å². The first-order chi connectivity index (χ1) is 8.04. The third kappa shape index (κ3) is 5.06. The molecule has 0 saturated heterocycles. The van der Waals surface area contributed by atoms with Crippen LogP contribution < -0.4 is 11.3 Å². The van der Waals surface area contributed by atoms with Crippen molar-refractivity contribution in [3.05, 3.63) is 33.8 Å². The highest BCUT2D eigenvalue weighted by molar-refractivity contribution is 7.99. The highest BCUT2D eigenvalue weighted by Gasteiger charge is 2.11. The quantitative estimate of drug-likeness (QED) is 0.617. The summed E-state index contributed by atoms with van der Waals surface area (Å²) in [4.78, 5) is 0. The van der Waals surface area contributed by atoms with Crippen LogP contribution in [0.1, 0.15) is 25.5 Å². The number of nitrogens with two attached hydrogens (primary N) is 1. The standard InChI is InChI=1S/C12H18Cl2N2S/c1-8(2)6-17-7-12(16-15)9-3-4-10(13)11(14)5-9/h3-5,8,12,16H,6-7,15H2,1-2H3. The SMILES string of the molecule is CC(C)CSCC(NN)c1ccc(Cl)c(Cl)c1. The molecule has 0 bridgehead atoms. The number of thioether (sulfide) groups is 1. The van der Waals surface area contributed by atoms with Crippen LogP contribution in [0.2, 0.25) is 10.0 Å².